The van der Waals surface area contributed by atoms with Gasteiger partial charge < -0.3 is 9.47 Å². The molecule has 1 heterocycles. The van der Waals surface area contributed by atoms with Crippen molar-refractivity contribution in [3.05, 3.63) is 12.3 Å². The Morgan fingerprint density at radius 2 is 2.10 bits per heavy atom. The quantitative estimate of drug-likeness (QED) is 0.581. The van der Waals surface area contributed by atoms with E-state index in [-0.39, 0.29) is 6.01 Å². The van der Waals surface area contributed by atoms with E-state index in [0.29, 0.717) is 5.88 Å². The molecule has 1 aromatic heterocycles. The number of rotatable bonds is 2. The second kappa shape index (κ2) is 2.87. The van der Waals surface area contributed by atoms with Gasteiger partial charge in [-0.25, -0.2) is 0 Å². The highest BCUT2D eigenvalue weighted by atomic mass is 16.5. The van der Waals surface area contributed by atoms with Gasteiger partial charge in [0, 0.05) is 12.3 Å². The zero-order valence-corrected chi connectivity index (χ0v) is 5.71. The Kier molecular flexibility index (Phi) is 1.90. The zero-order chi connectivity index (χ0) is 7.40. The van der Waals surface area contributed by atoms with Gasteiger partial charge in [-0.15, -0.1) is 4.98 Å². The molecular weight excluding hydrogens is 132 g/mol. The Bertz CT molecular complexity index is 195. The van der Waals surface area contributed by atoms with Crippen LogP contribution in [0.15, 0.2) is 0 Å². The van der Waals surface area contributed by atoms with Crippen molar-refractivity contribution in [3.8, 4) is 11.9 Å². The van der Waals surface area contributed by atoms with Crippen molar-refractivity contribution < 1.29 is 9.47 Å². The van der Waals surface area contributed by atoms with E-state index in [1.54, 1.807) is 0 Å². The minimum absolute atomic E-state index is 0.232. The van der Waals surface area contributed by atoms with Crippen molar-refractivity contribution in [3.63, 3.8) is 0 Å². The molecule has 0 saturated carbocycles. The summed E-state index contributed by atoms with van der Waals surface area (Å²) in [6.07, 6.45) is 2.44. The average molecular weight is 138 g/mol. The molecule has 0 spiro atoms. The molecule has 0 aliphatic carbocycles. The van der Waals surface area contributed by atoms with Crippen LogP contribution in [0.3, 0.4) is 0 Å². The van der Waals surface area contributed by atoms with Crippen LogP contribution in [0, 0.1) is 12.3 Å². The molecule has 0 radical (unpaired) electrons. The summed E-state index contributed by atoms with van der Waals surface area (Å²) in [5, 5.41) is 0. The summed E-state index contributed by atoms with van der Waals surface area (Å²) in [7, 11) is 2.97. The summed E-state index contributed by atoms with van der Waals surface area (Å²) in [4.78, 5) is 7.38. The van der Waals surface area contributed by atoms with Crippen LogP contribution in [0.5, 0.6) is 11.9 Å². The van der Waals surface area contributed by atoms with E-state index in [0.717, 1.165) is 0 Å². The first kappa shape index (κ1) is 6.62. The molecule has 0 fully saturated rings. The normalized spacial score (nSPS) is 8.20. The van der Waals surface area contributed by atoms with Gasteiger partial charge in [-0.2, -0.15) is 4.98 Å². The maximum absolute atomic E-state index is 4.74. The maximum atomic E-state index is 4.74. The van der Waals surface area contributed by atoms with Gasteiger partial charge in [-0.3, -0.25) is 0 Å². The number of hydrogen-bond acceptors (Lipinski definition) is 4. The molecule has 4 nitrogen and oxygen atoms in total. The molecule has 0 saturated heterocycles. The van der Waals surface area contributed by atoms with Gasteiger partial charge in [0.05, 0.1) is 14.2 Å². The van der Waals surface area contributed by atoms with Crippen LogP contribution in [0.1, 0.15) is 0 Å². The van der Waals surface area contributed by atoms with E-state index < -0.39 is 0 Å². The van der Waals surface area contributed by atoms with Crippen LogP contribution >= 0.6 is 0 Å². The summed E-state index contributed by atoms with van der Waals surface area (Å²) in [6.45, 7) is 0. The van der Waals surface area contributed by atoms with Gasteiger partial charge in [-0.05, 0) is 0 Å². The number of methoxy groups -OCH3 is 2. The number of aromatic nitrogens is 2. The fraction of sp³-hybridized carbons (Fsp3) is 0.333. The van der Waals surface area contributed by atoms with E-state index in [2.05, 4.69) is 22.2 Å². The van der Waals surface area contributed by atoms with E-state index in [4.69, 9.17) is 9.47 Å². The van der Waals surface area contributed by atoms with Gasteiger partial charge in [0.25, 0.3) is 5.88 Å². The third-order valence-electron chi connectivity index (χ3n) is 0.887. The number of hydrogen-bond donors (Lipinski definition) is 0. The maximum Gasteiger partial charge on any atom is 0.329 e. The van der Waals surface area contributed by atoms with Crippen LogP contribution in [-0.2, 0) is 0 Å². The molecule has 0 aliphatic rings. The highest BCUT2D eigenvalue weighted by molar-refractivity contribution is 5.03. The molecule has 0 N–H and O–H groups in total. The summed E-state index contributed by atoms with van der Waals surface area (Å²) in [6, 6.07) is 2.78. The van der Waals surface area contributed by atoms with Gasteiger partial charge in [0.1, 0.15) is 0 Å². The third-order valence-corrected chi connectivity index (χ3v) is 0.887. The van der Waals surface area contributed by atoms with Crippen LogP contribution in [-0.4, -0.2) is 24.2 Å². The first-order valence-electron chi connectivity index (χ1n) is 2.62. The molecule has 0 amide bonds. The second-order valence-corrected chi connectivity index (χ2v) is 1.46. The van der Waals surface area contributed by atoms with E-state index in [1.165, 1.54) is 14.2 Å². The first-order valence-corrected chi connectivity index (χ1v) is 2.62. The third kappa shape index (κ3) is 1.26. The van der Waals surface area contributed by atoms with E-state index in [9.17, 15) is 0 Å². The Balaban J connectivity index is 2.87. The average Bonchev–Trinajstić information content (AvgIpc) is 2.05. The second-order valence-electron chi connectivity index (χ2n) is 1.46. The standard InChI is InChI=1S/C6H6N2O2/c1-9-5-3-4-7-6(8-5)10-2/h1-2H3. The van der Waals surface area contributed by atoms with Crippen LogP contribution in [0.25, 0.3) is 0 Å². The molecule has 4 heteroatoms. The fourth-order valence-corrected chi connectivity index (χ4v) is 0.451. The summed E-state index contributed by atoms with van der Waals surface area (Å²) in [5.74, 6) is 0.326. The van der Waals surface area contributed by atoms with Crippen LogP contribution < -0.4 is 9.47 Å². The fourth-order valence-electron chi connectivity index (χ4n) is 0.451. The van der Waals surface area contributed by atoms with Gasteiger partial charge in [-0.1, -0.05) is 0 Å². The lowest BCUT2D eigenvalue weighted by atomic mass is 10.7. The van der Waals surface area contributed by atoms with Gasteiger partial charge >= 0.3 is 6.01 Å². The SMILES string of the molecule is COc1c#cnc(OC)n1. The minimum Gasteiger partial charge on any atom is -0.475 e. The largest absolute Gasteiger partial charge is 0.475 e. The lowest BCUT2D eigenvalue weighted by Gasteiger charge is -1.94. The first-order chi connectivity index (χ1) is 4.86. The zero-order valence-electron chi connectivity index (χ0n) is 5.71. The molecule has 0 atom stereocenters. The predicted octanol–water partition coefficient (Wildman–Crippen LogP) is 0.0942. The topological polar surface area (TPSA) is 44.2 Å². The molecule has 52 valence electrons. The van der Waals surface area contributed by atoms with Gasteiger partial charge in [0.15, 0.2) is 0 Å². The van der Waals surface area contributed by atoms with Crippen molar-refractivity contribution in [2.75, 3.05) is 14.2 Å². The van der Waals surface area contributed by atoms with Crippen molar-refractivity contribution in [2.45, 2.75) is 0 Å². The monoisotopic (exact) mass is 138 g/mol. The minimum atomic E-state index is 0.232. The summed E-state index contributed by atoms with van der Waals surface area (Å²) in [5.41, 5.74) is 0. The summed E-state index contributed by atoms with van der Waals surface area (Å²) >= 11 is 0. The summed E-state index contributed by atoms with van der Waals surface area (Å²) < 4.78 is 9.44. The van der Waals surface area contributed by atoms with Crippen molar-refractivity contribution in [2.24, 2.45) is 0 Å². The highest BCUT2D eigenvalue weighted by Crippen LogP contribution is 2.03. The Morgan fingerprint density at radius 3 is 2.70 bits per heavy atom. The highest BCUT2D eigenvalue weighted by Gasteiger charge is 1.94. The lowest BCUT2D eigenvalue weighted by Crippen LogP contribution is -1.92. The molecule has 1 rings (SSSR count). The molecule has 0 aromatic carbocycles. The Labute approximate surface area is 58.8 Å². The molecule has 10 heavy (non-hydrogen) atoms. The number of ether oxygens (including phenoxy) is 2. The van der Waals surface area contributed by atoms with Crippen LogP contribution in [0.2, 0.25) is 0 Å². The van der Waals surface area contributed by atoms with Crippen molar-refractivity contribution in [1.82, 2.24) is 9.97 Å². The molecule has 0 unspecified atom stereocenters. The Hall–Kier alpha value is -1.50. The van der Waals surface area contributed by atoms with Crippen molar-refractivity contribution >= 4 is 0 Å². The van der Waals surface area contributed by atoms with E-state index >= 15 is 0 Å². The van der Waals surface area contributed by atoms with Crippen molar-refractivity contribution in [1.29, 1.82) is 0 Å². The predicted molar refractivity (Wildman–Crippen MR) is 32.8 cm³/mol. The molecule has 1 aromatic rings. The lowest BCUT2D eigenvalue weighted by molar-refractivity contribution is 0.353. The van der Waals surface area contributed by atoms with Crippen LogP contribution in [0.4, 0.5) is 0 Å². The molecular formula is C6H6N2O2. The smallest absolute Gasteiger partial charge is 0.329 e. The molecule has 0 aliphatic heterocycles. The molecule has 0 bridgehead atoms. The Morgan fingerprint density at radius 1 is 1.30 bits per heavy atom. The number of nitrogens with zero attached hydrogens (tertiary/aromatic N) is 2. The van der Waals surface area contributed by atoms with Gasteiger partial charge in [0.2, 0.25) is 0 Å². The van der Waals surface area contributed by atoms with E-state index in [1.807, 2.05) is 0 Å².